The molecule has 2 aromatic rings. The van der Waals surface area contributed by atoms with E-state index in [0.717, 1.165) is 55.4 Å². The Kier molecular flexibility index (Phi) is 6.23. The van der Waals surface area contributed by atoms with Crippen molar-refractivity contribution in [3.05, 3.63) is 46.8 Å². The van der Waals surface area contributed by atoms with Crippen molar-refractivity contribution in [2.24, 2.45) is 0 Å². The topological polar surface area (TPSA) is 41.4 Å². The predicted octanol–water partition coefficient (Wildman–Crippen LogP) is 4.21. The number of aromatic nitrogens is 2. The lowest BCUT2D eigenvalue weighted by Gasteiger charge is -2.34. The molecule has 28 heavy (non-hydrogen) atoms. The van der Waals surface area contributed by atoms with Gasteiger partial charge in [-0.3, -0.25) is 4.79 Å². The Morgan fingerprint density at radius 3 is 2.11 bits per heavy atom. The Bertz CT molecular complexity index is 812. The molecule has 0 N–H and O–H groups in total. The SMILES string of the molecule is CCN1CCN(C(=O)c2c(C(C)C)nn(-c3ccc(C)cc3)c2C(C)C)CC1. The molecule has 0 spiro atoms. The van der Waals surface area contributed by atoms with Gasteiger partial charge in [0.15, 0.2) is 0 Å². The molecule has 0 saturated carbocycles. The summed E-state index contributed by atoms with van der Waals surface area (Å²) in [6.07, 6.45) is 0. The fourth-order valence-corrected chi connectivity index (χ4v) is 3.91. The third kappa shape index (κ3) is 4.00. The van der Waals surface area contributed by atoms with Gasteiger partial charge in [0.1, 0.15) is 0 Å². The molecule has 1 aliphatic heterocycles. The Morgan fingerprint density at radius 2 is 1.61 bits per heavy atom. The van der Waals surface area contributed by atoms with E-state index in [1.807, 2.05) is 9.58 Å². The lowest BCUT2D eigenvalue weighted by atomic mass is 9.97. The van der Waals surface area contributed by atoms with E-state index in [2.05, 4.69) is 70.7 Å². The van der Waals surface area contributed by atoms with Gasteiger partial charge in [-0.15, -0.1) is 0 Å². The molecule has 1 saturated heterocycles. The summed E-state index contributed by atoms with van der Waals surface area (Å²) in [5.41, 5.74) is 4.99. The molecule has 0 aliphatic carbocycles. The van der Waals surface area contributed by atoms with Crippen molar-refractivity contribution in [3.63, 3.8) is 0 Å². The summed E-state index contributed by atoms with van der Waals surface area (Å²) < 4.78 is 2.00. The summed E-state index contributed by atoms with van der Waals surface area (Å²) >= 11 is 0. The van der Waals surface area contributed by atoms with E-state index in [-0.39, 0.29) is 17.7 Å². The van der Waals surface area contributed by atoms with Gasteiger partial charge in [-0.25, -0.2) is 4.68 Å². The van der Waals surface area contributed by atoms with Gasteiger partial charge >= 0.3 is 0 Å². The molecule has 5 heteroatoms. The van der Waals surface area contributed by atoms with Gasteiger partial charge in [0.25, 0.3) is 5.91 Å². The van der Waals surface area contributed by atoms with Gasteiger partial charge in [-0.05, 0) is 37.4 Å². The summed E-state index contributed by atoms with van der Waals surface area (Å²) in [5.74, 6) is 0.541. The first kappa shape index (κ1) is 20.6. The Balaban J connectivity index is 2.06. The average Bonchev–Trinajstić information content (AvgIpc) is 3.09. The van der Waals surface area contributed by atoms with Gasteiger partial charge in [0.2, 0.25) is 0 Å². The number of hydrogen-bond donors (Lipinski definition) is 0. The Labute approximate surface area is 169 Å². The summed E-state index contributed by atoms with van der Waals surface area (Å²) in [6.45, 7) is 17.3. The lowest BCUT2D eigenvalue weighted by molar-refractivity contribution is 0.0640. The number of benzene rings is 1. The van der Waals surface area contributed by atoms with Crippen LogP contribution < -0.4 is 0 Å². The molecule has 0 unspecified atom stereocenters. The number of piperazine rings is 1. The quantitative estimate of drug-likeness (QED) is 0.778. The second kappa shape index (κ2) is 8.48. The van der Waals surface area contributed by atoms with Gasteiger partial charge < -0.3 is 9.80 Å². The van der Waals surface area contributed by atoms with Crippen molar-refractivity contribution in [2.45, 2.75) is 53.4 Å². The van der Waals surface area contributed by atoms with Crippen LogP contribution in [0.2, 0.25) is 0 Å². The first-order valence-electron chi connectivity index (χ1n) is 10.5. The molecule has 0 radical (unpaired) electrons. The molecule has 5 nitrogen and oxygen atoms in total. The Morgan fingerprint density at radius 1 is 1.00 bits per heavy atom. The zero-order valence-corrected chi connectivity index (χ0v) is 18.2. The van der Waals surface area contributed by atoms with Crippen LogP contribution in [0.15, 0.2) is 24.3 Å². The average molecular weight is 383 g/mol. The highest BCUT2D eigenvalue weighted by atomic mass is 16.2. The minimum absolute atomic E-state index is 0.140. The molecule has 2 heterocycles. The summed E-state index contributed by atoms with van der Waals surface area (Å²) in [6, 6.07) is 8.38. The monoisotopic (exact) mass is 382 g/mol. The largest absolute Gasteiger partial charge is 0.336 e. The summed E-state index contributed by atoms with van der Waals surface area (Å²) in [4.78, 5) is 18.0. The normalized spacial score (nSPS) is 15.6. The minimum Gasteiger partial charge on any atom is -0.336 e. The van der Waals surface area contributed by atoms with E-state index in [0.29, 0.717) is 0 Å². The first-order valence-corrected chi connectivity index (χ1v) is 10.5. The number of carbonyl (C=O) groups excluding carboxylic acids is 1. The molecule has 152 valence electrons. The maximum absolute atomic E-state index is 13.6. The number of aryl methyl sites for hydroxylation is 1. The molecule has 1 aliphatic rings. The fraction of sp³-hybridized carbons (Fsp3) is 0.565. The summed E-state index contributed by atoms with van der Waals surface area (Å²) in [5, 5.41) is 4.94. The van der Waals surface area contributed by atoms with Crippen LogP contribution in [0.1, 0.15) is 73.8 Å². The number of carbonyl (C=O) groups is 1. The van der Waals surface area contributed by atoms with Crippen LogP contribution in [0.4, 0.5) is 0 Å². The third-order valence-electron chi connectivity index (χ3n) is 5.64. The maximum atomic E-state index is 13.6. The number of nitrogens with zero attached hydrogens (tertiary/aromatic N) is 4. The second-order valence-electron chi connectivity index (χ2n) is 8.43. The lowest BCUT2D eigenvalue weighted by Crippen LogP contribution is -2.48. The fourth-order valence-electron chi connectivity index (χ4n) is 3.91. The first-order chi connectivity index (χ1) is 13.3. The smallest absolute Gasteiger partial charge is 0.257 e. The molecular weight excluding hydrogens is 348 g/mol. The second-order valence-corrected chi connectivity index (χ2v) is 8.43. The summed E-state index contributed by atoms with van der Waals surface area (Å²) in [7, 11) is 0. The molecule has 0 atom stereocenters. The minimum atomic E-state index is 0.140. The Hall–Kier alpha value is -2.14. The van der Waals surface area contributed by atoms with Crippen molar-refractivity contribution >= 4 is 5.91 Å². The van der Waals surface area contributed by atoms with Crippen molar-refractivity contribution < 1.29 is 4.79 Å². The van der Waals surface area contributed by atoms with Crippen LogP contribution >= 0.6 is 0 Å². The van der Waals surface area contributed by atoms with Crippen molar-refractivity contribution in [2.75, 3.05) is 32.7 Å². The van der Waals surface area contributed by atoms with Crippen LogP contribution in [-0.2, 0) is 0 Å². The molecule has 3 rings (SSSR count). The number of amides is 1. The van der Waals surface area contributed by atoms with Crippen molar-refractivity contribution in [1.82, 2.24) is 19.6 Å². The highest BCUT2D eigenvalue weighted by Gasteiger charge is 2.31. The van der Waals surface area contributed by atoms with Gasteiger partial charge in [-0.1, -0.05) is 52.3 Å². The van der Waals surface area contributed by atoms with Gasteiger partial charge in [0, 0.05) is 26.2 Å². The van der Waals surface area contributed by atoms with Crippen molar-refractivity contribution in [3.8, 4) is 5.69 Å². The number of hydrogen-bond acceptors (Lipinski definition) is 3. The third-order valence-corrected chi connectivity index (χ3v) is 5.64. The molecular formula is C23H34N4O. The van der Waals surface area contributed by atoms with Crippen LogP contribution in [-0.4, -0.2) is 58.2 Å². The highest BCUT2D eigenvalue weighted by Crippen LogP contribution is 2.31. The predicted molar refractivity (Wildman–Crippen MR) is 114 cm³/mol. The highest BCUT2D eigenvalue weighted by molar-refractivity contribution is 5.97. The molecule has 0 bridgehead atoms. The number of rotatable bonds is 5. The molecule has 1 aromatic heterocycles. The van der Waals surface area contributed by atoms with Gasteiger partial charge in [-0.2, -0.15) is 5.10 Å². The van der Waals surface area contributed by atoms with E-state index in [1.165, 1.54) is 5.56 Å². The van der Waals surface area contributed by atoms with E-state index in [4.69, 9.17) is 5.10 Å². The van der Waals surface area contributed by atoms with E-state index < -0.39 is 0 Å². The molecule has 1 aromatic carbocycles. The van der Waals surface area contributed by atoms with Crippen LogP contribution in [0.25, 0.3) is 5.69 Å². The molecule has 1 amide bonds. The maximum Gasteiger partial charge on any atom is 0.257 e. The molecule has 1 fully saturated rings. The van der Waals surface area contributed by atoms with Gasteiger partial charge in [0.05, 0.1) is 22.6 Å². The zero-order valence-electron chi connectivity index (χ0n) is 18.2. The van der Waals surface area contributed by atoms with E-state index in [1.54, 1.807) is 0 Å². The van der Waals surface area contributed by atoms with Crippen molar-refractivity contribution in [1.29, 1.82) is 0 Å². The zero-order chi connectivity index (χ0) is 20.4. The number of likely N-dealkylation sites (N-methyl/N-ethyl adjacent to an activating group) is 1. The standard InChI is InChI=1S/C23H34N4O/c1-7-25-12-14-26(15-13-25)23(28)20-21(16(2)3)24-27(22(20)17(4)5)19-10-8-18(6)9-11-19/h8-11,16-17H,7,12-15H2,1-6H3. The van der Waals surface area contributed by atoms with E-state index >= 15 is 0 Å². The van der Waals surface area contributed by atoms with Crippen LogP contribution in [0, 0.1) is 6.92 Å². The van der Waals surface area contributed by atoms with E-state index in [9.17, 15) is 4.79 Å². The van der Waals surface area contributed by atoms with Crippen LogP contribution in [0.3, 0.4) is 0 Å². The van der Waals surface area contributed by atoms with Crippen LogP contribution in [0.5, 0.6) is 0 Å².